The molecule has 32 heavy (non-hydrogen) atoms. The van der Waals surface area contributed by atoms with Gasteiger partial charge in [-0.15, -0.1) is 0 Å². The summed E-state index contributed by atoms with van der Waals surface area (Å²) in [6, 6.07) is 13.5. The number of anilines is 2. The van der Waals surface area contributed by atoms with Gasteiger partial charge in [0.05, 0.1) is 24.1 Å². The number of aromatic nitrogens is 2. The molecule has 3 amide bonds. The molecular weight excluding hydrogens is 410 g/mol. The second-order valence-electron chi connectivity index (χ2n) is 7.73. The molecule has 0 unspecified atom stereocenters. The zero-order valence-electron chi connectivity index (χ0n) is 17.3. The van der Waals surface area contributed by atoms with Gasteiger partial charge in [0, 0.05) is 17.8 Å². The maximum Gasteiger partial charge on any atom is 0.273 e. The Balaban J connectivity index is 1.38. The van der Waals surface area contributed by atoms with Crippen LogP contribution in [0.15, 0.2) is 48.5 Å². The van der Waals surface area contributed by atoms with Crippen molar-refractivity contribution in [3.05, 3.63) is 59.8 Å². The van der Waals surface area contributed by atoms with Crippen LogP contribution in [0.3, 0.4) is 0 Å². The van der Waals surface area contributed by atoms with Gasteiger partial charge >= 0.3 is 0 Å². The highest BCUT2D eigenvalue weighted by Gasteiger charge is 2.38. The lowest BCUT2D eigenvalue weighted by molar-refractivity contribution is -0.119. The average molecular weight is 431 g/mol. The van der Waals surface area contributed by atoms with Crippen molar-refractivity contribution >= 4 is 29.1 Å². The summed E-state index contributed by atoms with van der Waals surface area (Å²) >= 11 is 0. The van der Waals surface area contributed by atoms with Gasteiger partial charge < -0.3 is 20.3 Å². The number of hydrogen-bond donors (Lipinski definition) is 3. The predicted molar refractivity (Wildman–Crippen MR) is 118 cm³/mol. The highest BCUT2D eigenvalue weighted by molar-refractivity contribution is 6.11. The average Bonchev–Trinajstić information content (AvgIpc) is 3.48. The fraction of sp³-hybridized carbons (Fsp3) is 0.217. The lowest BCUT2D eigenvalue weighted by Gasteiger charge is -2.20. The number of fused-ring (bicyclic) bond motifs is 2. The molecule has 3 aromatic rings. The molecule has 2 aliphatic rings. The van der Waals surface area contributed by atoms with Crippen LogP contribution in [-0.2, 0) is 4.79 Å². The summed E-state index contributed by atoms with van der Waals surface area (Å²) in [7, 11) is 1.57. The Labute approximate surface area is 183 Å². The Bertz CT molecular complexity index is 1230. The standard InChI is InChI=1S/C23H21N5O4/c1-32-20-7-3-2-5-14(20)17-12-18(27-26-17)21(29)24-13-8-9-16-15(11-13)23(31)28-10-4-6-19(28)22(30)25-16/h2-3,5,7-9,11-12,19H,4,6,10H2,1H3,(H,24,29)(H,25,30)(H,26,27)/t19-/m1/s1. The predicted octanol–water partition coefficient (Wildman–Crippen LogP) is 2.89. The lowest BCUT2D eigenvalue weighted by Crippen LogP contribution is -2.40. The van der Waals surface area contributed by atoms with Crippen LogP contribution in [0.4, 0.5) is 11.4 Å². The van der Waals surface area contributed by atoms with Crippen molar-refractivity contribution in [1.82, 2.24) is 15.1 Å². The number of carbonyl (C=O) groups is 3. The molecule has 1 atom stereocenters. The monoisotopic (exact) mass is 431 g/mol. The molecule has 5 rings (SSSR count). The molecule has 2 aliphatic heterocycles. The largest absolute Gasteiger partial charge is 0.496 e. The van der Waals surface area contributed by atoms with Gasteiger partial charge in [-0.1, -0.05) is 12.1 Å². The van der Waals surface area contributed by atoms with E-state index >= 15 is 0 Å². The number of hydrogen-bond acceptors (Lipinski definition) is 5. The van der Waals surface area contributed by atoms with Gasteiger partial charge in [0.25, 0.3) is 11.8 Å². The molecular formula is C23H21N5O4. The van der Waals surface area contributed by atoms with E-state index in [2.05, 4.69) is 20.8 Å². The highest BCUT2D eigenvalue weighted by Crippen LogP contribution is 2.31. The molecule has 3 heterocycles. The molecule has 9 heteroatoms. The smallest absolute Gasteiger partial charge is 0.273 e. The zero-order chi connectivity index (χ0) is 22.2. The SMILES string of the molecule is COc1ccccc1-c1cc(C(=O)Nc2ccc3c(c2)C(=O)N2CCC[C@@H]2C(=O)N3)[nH]n1. The van der Waals surface area contributed by atoms with Crippen molar-refractivity contribution in [2.75, 3.05) is 24.3 Å². The Hall–Kier alpha value is -4.14. The number of nitrogens with zero attached hydrogens (tertiary/aromatic N) is 2. The van der Waals surface area contributed by atoms with E-state index in [1.165, 1.54) is 0 Å². The Kier molecular flexibility index (Phi) is 4.85. The van der Waals surface area contributed by atoms with Crippen molar-refractivity contribution in [3.8, 4) is 17.0 Å². The maximum absolute atomic E-state index is 13.0. The summed E-state index contributed by atoms with van der Waals surface area (Å²) in [6.45, 7) is 0.548. The lowest BCUT2D eigenvalue weighted by atomic mass is 10.1. The van der Waals surface area contributed by atoms with Crippen LogP contribution in [0.2, 0.25) is 0 Å². The van der Waals surface area contributed by atoms with Crippen LogP contribution >= 0.6 is 0 Å². The van der Waals surface area contributed by atoms with Gasteiger partial charge in [0.1, 0.15) is 17.5 Å². The van der Waals surface area contributed by atoms with E-state index in [0.29, 0.717) is 41.3 Å². The molecule has 0 bridgehead atoms. The van der Waals surface area contributed by atoms with Crippen molar-refractivity contribution in [2.24, 2.45) is 0 Å². The van der Waals surface area contributed by atoms with Crippen LogP contribution in [-0.4, -0.2) is 52.5 Å². The van der Waals surface area contributed by atoms with E-state index < -0.39 is 11.9 Å². The summed E-state index contributed by atoms with van der Waals surface area (Å²) in [5.74, 6) is -0.134. The number of methoxy groups -OCH3 is 1. The van der Waals surface area contributed by atoms with Crippen LogP contribution in [0.25, 0.3) is 11.3 Å². The molecule has 0 aliphatic carbocycles. The third-order valence-electron chi connectivity index (χ3n) is 5.79. The number of amides is 3. The third-order valence-corrected chi connectivity index (χ3v) is 5.79. The number of benzene rings is 2. The van der Waals surface area contributed by atoms with Crippen molar-refractivity contribution in [2.45, 2.75) is 18.9 Å². The number of H-pyrrole nitrogens is 1. The normalized spacial score (nSPS) is 17.3. The molecule has 1 saturated heterocycles. The number of carbonyl (C=O) groups excluding carboxylic acids is 3. The number of rotatable bonds is 4. The first kappa shape index (κ1) is 19.8. The van der Waals surface area contributed by atoms with Gasteiger partial charge in [-0.2, -0.15) is 5.10 Å². The quantitative estimate of drug-likeness (QED) is 0.587. The Morgan fingerprint density at radius 2 is 2.00 bits per heavy atom. The second kappa shape index (κ2) is 7.84. The first-order valence-electron chi connectivity index (χ1n) is 10.3. The molecule has 2 aromatic carbocycles. The molecule has 0 spiro atoms. The number of ether oxygens (including phenoxy) is 1. The summed E-state index contributed by atoms with van der Waals surface area (Å²) in [5, 5.41) is 12.6. The van der Waals surface area contributed by atoms with E-state index in [0.717, 1.165) is 12.0 Å². The molecule has 1 aromatic heterocycles. The molecule has 9 nitrogen and oxygen atoms in total. The highest BCUT2D eigenvalue weighted by atomic mass is 16.5. The van der Waals surface area contributed by atoms with Crippen molar-refractivity contribution < 1.29 is 19.1 Å². The Morgan fingerprint density at radius 1 is 1.16 bits per heavy atom. The van der Waals surface area contributed by atoms with Gasteiger partial charge in [0.2, 0.25) is 5.91 Å². The van der Waals surface area contributed by atoms with Crippen LogP contribution < -0.4 is 15.4 Å². The third kappa shape index (κ3) is 3.37. The molecule has 0 radical (unpaired) electrons. The van der Waals surface area contributed by atoms with E-state index in [1.807, 2.05) is 24.3 Å². The summed E-state index contributed by atoms with van der Waals surface area (Å²) in [4.78, 5) is 39.8. The minimum absolute atomic E-state index is 0.173. The summed E-state index contributed by atoms with van der Waals surface area (Å²) in [5.41, 5.74) is 2.86. The first-order chi connectivity index (χ1) is 15.5. The van der Waals surface area contributed by atoms with E-state index in [9.17, 15) is 14.4 Å². The van der Waals surface area contributed by atoms with Gasteiger partial charge in [-0.25, -0.2) is 0 Å². The van der Waals surface area contributed by atoms with E-state index in [1.54, 1.807) is 36.3 Å². The van der Waals surface area contributed by atoms with Gasteiger partial charge in [-0.05, 0) is 49.2 Å². The molecule has 162 valence electrons. The fourth-order valence-electron chi connectivity index (χ4n) is 4.19. The molecule has 3 N–H and O–H groups in total. The maximum atomic E-state index is 13.0. The number of nitrogens with one attached hydrogen (secondary N) is 3. The van der Waals surface area contributed by atoms with Crippen LogP contribution in [0, 0.1) is 0 Å². The van der Waals surface area contributed by atoms with Crippen LogP contribution in [0.1, 0.15) is 33.7 Å². The second-order valence-corrected chi connectivity index (χ2v) is 7.73. The van der Waals surface area contributed by atoms with Crippen LogP contribution in [0.5, 0.6) is 5.75 Å². The Morgan fingerprint density at radius 3 is 2.84 bits per heavy atom. The zero-order valence-corrected chi connectivity index (χ0v) is 17.3. The number of para-hydroxylation sites is 1. The molecule has 1 fully saturated rings. The van der Waals surface area contributed by atoms with Crippen molar-refractivity contribution in [3.63, 3.8) is 0 Å². The first-order valence-corrected chi connectivity index (χ1v) is 10.3. The molecule has 0 saturated carbocycles. The topological polar surface area (TPSA) is 116 Å². The van der Waals surface area contributed by atoms with Gasteiger partial charge in [0.15, 0.2) is 0 Å². The van der Waals surface area contributed by atoms with Crippen molar-refractivity contribution in [1.29, 1.82) is 0 Å². The summed E-state index contributed by atoms with van der Waals surface area (Å²) in [6.07, 6.45) is 1.45. The van der Waals surface area contributed by atoms with Gasteiger partial charge in [-0.3, -0.25) is 19.5 Å². The van der Waals surface area contributed by atoms with E-state index in [4.69, 9.17) is 4.74 Å². The minimum Gasteiger partial charge on any atom is -0.496 e. The van der Waals surface area contributed by atoms with E-state index in [-0.39, 0.29) is 17.5 Å². The number of aromatic amines is 1. The minimum atomic E-state index is -0.439. The fourth-order valence-corrected chi connectivity index (χ4v) is 4.19. The summed E-state index contributed by atoms with van der Waals surface area (Å²) < 4.78 is 5.36.